The Hall–Kier alpha value is -6.69. The van der Waals surface area contributed by atoms with Crippen LogP contribution in [0.25, 0.3) is 5.53 Å². The average molecular weight is 710 g/mol. The Kier molecular flexibility index (Phi) is 12.3. The molecule has 1 saturated heterocycles. The van der Waals surface area contributed by atoms with Crippen molar-refractivity contribution in [2.24, 2.45) is 17.0 Å². The van der Waals surface area contributed by atoms with E-state index < -0.39 is 87.2 Å². The van der Waals surface area contributed by atoms with E-state index in [2.05, 4.69) is 20.6 Å². The van der Waals surface area contributed by atoms with Gasteiger partial charge in [-0.3, -0.25) is 34.6 Å². The third-order valence-electron chi connectivity index (χ3n) is 7.62. The van der Waals surface area contributed by atoms with Gasteiger partial charge in [0.15, 0.2) is 0 Å². The van der Waals surface area contributed by atoms with Crippen LogP contribution in [0.5, 0.6) is 0 Å². The van der Waals surface area contributed by atoms with Crippen LogP contribution in [0, 0.1) is 32.1 Å². The first kappa shape index (κ1) is 38.8. The number of rotatable bonds is 15. The molecule has 2 aromatic rings. The molecule has 2 N–H and O–H groups in total. The van der Waals surface area contributed by atoms with E-state index >= 15 is 0 Å². The predicted octanol–water partition coefficient (Wildman–Crippen LogP) is 1.60. The monoisotopic (exact) mass is 709 g/mol. The smallest absolute Gasteiger partial charge is 0.441 e. The molecule has 4 atom stereocenters. The maximum absolute atomic E-state index is 13.1. The zero-order chi connectivity index (χ0) is 38.2. The van der Waals surface area contributed by atoms with Crippen LogP contribution in [0.3, 0.4) is 0 Å². The summed E-state index contributed by atoms with van der Waals surface area (Å²) in [6, 6.07) is 7.49. The van der Waals surface area contributed by atoms with Gasteiger partial charge in [0.1, 0.15) is 12.3 Å². The molecule has 268 valence electrons. The van der Waals surface area contributed by atoms with E-state index in [-0.39, 0.29) is 22.6 Å². The number of hydrogen-bond acceptors (Lipinski definition) is 14. The van der Waals surface area contributed by atoms with E-state index in [9.17, 15) is 54.5 Å². The number of nitrogens with one attached hydrogen (secondary N) is 2. The Bertz CT molecular complexity index is 1850. The van der Waals surface area contributed by atoms with Gasteiger partial charge in [0.2, 0.25) is 11.5 Å². The van der Waals surface area contributed by atoms with Crippen LogP contribution in [0.1, 0.15) is 50.5 Å². The van der Waals surface area contributed by atoms with Gasteiger partial charge in [0.25, 0.3) is 23.1 Å². The van der Waals surface area contributed by atoms with Crippen LogP contribution in [-0.4, -0.2) is 79.3 Å². The summed E-state index contributed by atoms with van der Waals surface area (Å²) in [7, 11) is 0. The zero-order valence-electron chi connectivity index (χ0n) is 27.7. The van der Waals surface area contributed by atoms with E-state index in [0.717, 1.165) is 24.3 Å². The maximum atomic E-state index is 13.1. The molecule has 0 bridgehead atoms. The van der Waals surface area contributed by atoms with Crippen LogP contribution < -0.4 is 10.6 Å². The normalized spacial score (nSPS) is 16.5. The van der Waals surface area contributed by atoms with Gasteiger partial charge in [-0.2, -0.15) is 4.79 Å². The highest BCUT2D eigenvalue weighted by atomic mass is 16.7. The first-order chi connectivity index (χ1) is 23.9. The lowest BCUT2D eigenvalue weighted by Gasteiger charge is -2.42. The lowest BCUT2D eigenvalue weighted by Crippen LogP contribution is -2.68. The number of carbonyl (C=O) groups is 6. The van der Waals surface area contributed by atoms with Crippen molar-refractivity contribution in [3.63, 3.8) is 0 Å². The fourth-order valence-electron chi connectivity index (χ4n) is 4.54. The van der Waals surface area contributed by atoms with E-state index in [4.69, 9.17) is 14.3 Å². The predicted molar refractivity (Wildman–Crippen MR) is 171 cm³/mol. The number of oxime groups is 1. The number of nitro groups is 2. The lowest BCUT2D eigenvalue weighted by molar-refractivity contribution is -0.385. The highest BCUT2D eigenvalue weighted by Crippen LogP contribution is 2.27. The number of nitro benzene ring substituents is 2. The van der Waals surface area contributed by atoms with E-state index in [1.165, 1.54) is 58.9 Å². The summed E-state index contributed by atoms with van der Waals surface area (Å²) in [5.41, 5.74) is 5.99. The molecule has 0 aromatic heterocycles. The minimum atomic E-state index is -1.88. The number of ether oxygens (including phenoxy) is 2. The first-order valence-electron chi connectivity index (χ1n) is 14.9. The molecule has 20 nitrogen and oxygen atoms in total. The lowest BCUT2D eigenvalue weighted by atomic mass is 9.75. The van der Waals surface area contributed by atoms with Crippen LogP contribution in [-0.2, 0) is 44.9 Å². The zero-order valence-corrected chi connectivity index (χ0v) is 27.7. The summed E-state index contributed by atoms with van der Waals surface area (Å²) in [6.07, 6.45) is 0. The number of benzene rings is 2. The molecular formula is C31H31N7O13. The second-order valence-corrected chi connectivity index (χ2v) is 11.7. The van der Waals surface area contributed by atoms with E-state index in [1.807, 2.05) is 0 Å². The maximum Gasteiger partial charge on any atom is 0.441 e. The third-order valence-corrected chi connectivity index (χ3v) is 7.62. The largest absolute Gasteiger partial charge is 0.452 e. The Balaban J connectivity index is 1.56. The van der Waals surface area contributed by atoms with Crippen LogP contribution in [0.15, 0.2) is 53.7 Å². The van der Waals surface area contributed by atoms with Crippen molar-refractivity contribution in [2.75, 3.05) is 0 Å². The molecule has 1 aliphatic heterocycles. The number of carbonyl (C=O) groups excluding carboxylic acids is 6. The van der Waals surface area contributed by atoms with Gasteiger partial charge in [-0.15, -0.1) is 0 Å². The van der Waals surface area contributed by atoms with Gasteiger partial charge in [0, 0.05) is 36.2 Å². The highest BCUT2D eigenvalue weighted by Gasteiger charge is 2.51. The quantitative estimate of drug-likeness (QED) is 0.0389. The second kappa shape index (κ2) is 16.1. The summed E-state index contributed by atoms with van der Waals surface area (Å²) in [6.45, 7) is 6.05. The van der Waals surface area contributed by atoms with Crippen molar-refractivity contribution >= 4 is 58.3 Å². The third kappa shape index (κ3) is 9.48. The van der Waals surface area contributed by atoms with Gasteiger partial charge in [0.05, 0.1) is 27.4 Å². The first-order valence-corrected chi connectivity index (χ1v) is 14.9. The molecule has 0 saturated carbocycles. The SMILES string of the molecule is C/C(=N/OC(C)(C)C(=O)OC(=O)c1ccc([N+](=O)[O-])cc1)C(=O)N[C@H](C)[C@H]1C(=O)N[C@@H]1[C@@H](C)C(=O)C(=[N+]=[N-])C(=O)OCc1ccc([N+](=O)[O-])cc1. The Morgan fingerprint density at radius 2 is 1.55 bits per heavy atom. The molecule has 3 rings (SSSR count). The molecule has 0 radical (unpaired) electrons. The van der Waals surface area contributed by atoms with Gasteiger partial charge in [-0.1, -0.05) is 12.1 Å². The molecule has 0 aliphatic carbocycles. The van der Waals surface area contributed by atoms with Gasteiger partial charge >= 0.3 is 23.6 Å². The number of Topliss-reactive ketones (excluding diaryl/α,β-unsaturated/α-hetero) is 1. The molecule has 2 amide bonds. The van der Waals surface area contributed by atoms with Crippen LogP contribution in [0.4, 0.5) is 11.4 Å². The molecule has 2 aromatic carbocycles. The molecule has 20 heteroatoms. The summed E-state index contributed by atoms with van der Waals surface area (Å²) >= 11 is 0. The Morgan fingerprint density at radius 3 is 2.06 bits per heavy atom. The molecule has 1 aliphatic rings. The minimum absolute atomic E-state index is 0.147. The van der Waals surface area contributed by atoms with Crippen LogP contribution >= 0.6 is 0 Å². The standard InChI is InChI=1S/C31H31N7O13/c1-15(25(39)24(35-32)29(43)49-14-18-6-10-20(11-7-18)37(45)46)23-22(27(41)34-23)16(2)33-26(40)17(3)36-51-31(4,5)30(44)50-28(42)19-8-12-21(13-9-19)38(47)48/h6-13,15-16,22-23H,14H2,1-5H3,(H,33,40)(H,34,41)/b36-17-/t15-,16-,22-,23-/m1/s1. The number of nitrogens with zero attached hydrogens (tertiary/aromatic N) is 5. The van der Waals surface area contributed by atoms with E-state index in [1.54, 1.807) is 0 Å². The highest BCUT2D eigenvalue weighted by molar-refractivity contribution is 6.62. The fourth-order valence-corrected chi connectivity index (χ4v) is 4.54. The number of hydrogen-bond donors (Lipinski definition) is 2. The van der Waals surface area contributed by atoms with Crippen molar-refractivity contribution < 1.29 is 57.7 Å². The fraction of sp³-hybridized carbons (Fsp3) is 0.355. The number of amides is 2. The number of non-ortho nitro benzene ring substituents is 2. The molecular weight excluding hydrogens is 678 g/mol. The van der Waals surface area contributed by atoms with Crippen LogP contribution in [0.2, 0.25) is 0 Å². The van der Waals surface area contributed by atoms with Crippen molar-refractivity contribution in [1.29, 1.82) is 0 Å². The minimum Gasteiger partial charge on any atom is -0.452 e. The van der Waals surface area contributed by atoms with Gasteiger partial charge < -0.3 is 30.5 Å². The summed E-state index contributed by atoms with van der Waals surface area (Å²) in [4.78, 5) is 104. The number of ketones is 1. The molecule has 1 heterocycles. The average Bonchev–Trinajstić information content (AvgIpc) is 3.08. The molecule has 0 unspecified atom stereocenters. The number of β-lactam (4-membered cyclic amide) rings is 1. The van der Waals surface area contributed by atoms with Crippen molar-refractivity contribution in [1.82, 2.24) is 10.6 Å². The summed E-state index contributed by atoms with van der Waals surface area (Å²) in [5.74, 6) is -8.07. The number of esters is 3. The molecule has 0 spiro atoms. The molecule has 51 heavy (non-hydrogen) atoms. The second-order valence-electron chi connectivity index (χ2n) is 11.7. The van der Waals surface area contributed by atoms with Crippen molar-refractivity contribution in [3.8, 4) is 0 Å². The summed E-state index contributed by atoms with van der Waals surface area (Å²) in [5, 5.41) is 30.3. The van der Waals surface area contributed by atoms with Gasteiger partial charge in [-0.25, -0.2) is 14.4 Å². The van der Waals surface area contributed by atoms with E-state index in [0.29, 0.717) is 5.56 Å². The van der Waals surface area contributed by atoms with Crippen molar-refractivity contribution in [2.45, 2.75) is 58.9 Å². The van der Waals surface area contributed by atoms with Crippen molar-refractivity contribution in [3.05, 3.63) is 85.4 Å². The summed E-state index contributed by atoms with van der Waals surface area (Å²) < 4.78 is 9.79. The van der Waals surface area contributed by atoms with Gasteiger partial charge in [-0.05, 0) is 57.5 Å². The topological polar surface area (TPSA) is 289 Å². The molecule has 1 fully saturated rings. The Labute approximate surface area is 288 Å². The Morgan fingerprint density at radius 1 is 1.00 bits per heavy atom.